The lowest BCUT2D eigenvalue weighted by Gasteiger charge is -2.35. The van der Waals surface area contributed by atoms with Crippen LogP contribution in [-0.4, -0.2) is 80.7 Å². The standard InChI is InChI=1S/C12H25N5/c1-15(2)5-6-17-9-7-16(8-10-17)4-3-12(14)11-13/h12H,3-10,14H2,1-2H3. The van der Waals surface area contributed by atoms with Gasteiger partial charge in [-0.15, -0.1) is 0 Å². The van der Waals surface area contributed by atoms with Gasteiger partial charge >= 0.3 is 0 Å². The Morgan fingerprint density at radius 2 is 1.71 bits per heavy atom. The molecule has 1 unspecified atom stereocenters. The molecule has 1 fully saturated rings. The molecular weight excluding hydrogens is 214 g/mol. The number of nitriles is 1. The van der Waals surface area contributed by atoms with Gasteiger partial charge < -0.3 is 15.5 Å². The van der Waals surface area contributed by atoms with E-state index in [1.807, 2.05) is 0 Å². The molecule has 0 aromatic carbocycles. The summed E-state index contributed by atoms with van der Waals surface area (Å²) in [5, 5.41) is 8.62. The van der Waals surface area contributed by atoms with E-state index in [1.54, 1.807) is 0 Å². The molecular formula is C12H25N5. The fourth-order valence-electron chi connectivity index (χ4n) is 1.96. The fourth-order valence-corrected chi connectivity index (χ4v) is 1.96. The van der Waals surface area contributed by atoms with Crippen molar-refractivity contribution in [2.45, 2.75) is 12.5 Å². The molecule has 2 N–H and O–H groups in total. The zero-order valence-electron chi connectivity index (χ0n) is 11.1. The zero-order chi connectivity index (χ0) is 12.7. The van der Waals surface area contributed by atoms with E-state index in [9.17, 15) is 0 Å². The lowest BCUT2D eigenvalue weighted by Crippen LogP contribution is -2.48. The average Bonchev–Trinajstić information content (AvgIpc) is 2.34. The van der Waals surface area contributed by atoms with Crippen molar-refractivity contribution >= 4 is 0 Å². The molecule has 1 saturated heterocycles. The predicted molar refractivity (Wildman–Crippen MR) is 69.6 cm³/mol. The van der Waals surface area contributed by atoms with Crippen LogP contribution in [0.4, 0.5) is 0 Å². The molecule has 1 aliphatic heterocycles. The average molecular weight is 239 g/mol. The smallest absolute Gasteiger partial charge is 0.0940 e. The molecule has 5 nitrogen and oxygen atoms in total. The van der Waals surface area contributed by atoms with Crippen LogP contribution in [0.15, 0.2) is 0 Å². The van der Waals surface area contributed by atoms with Gasteiger partial charge in [-0.25, -0.2) is 0 Å². The fraction of sp³-hybridized carbons (Fsp3) is 0.917. The van der Waals surface area contributed by atoms with E-state index in [4.69, 9.17) is 11.0 Å². The van der Waals surface area contributed by atoms with Crippen molar-refractivity contribution < 1.29 is 0 Å². The Morgan fingerprint density at radius 3 is 2.18 bits per heavy atom. The van der Waals surface area contributed by atoms with Gasteiger partial charge in [0, 0.05) is 45.8 Å². The Labute approximate surface area is 105 Å². The maximum atomic E-state index is 8.62. The normalized spacial score (nSPS) is 20.4. The molecule has 1 aliphatic rings. The second-order valence-corrected chi connectivity index (χ2v) is 5.01. The first-order chi connectivity index (χ1) is 8.11. The molecule has 5 heteroatoms. The predicted octanol–water partition coefficient (Wildman–Crippen LogP) is -0.593. The van der Waals surface area contributed by atoms with Gasteiger partial charge in [-0.2, -0.15) is 5.26 Å². The number of piperazine rings is 1. The third kappa shape index (κ3) is 5.99. The minimum Gasteiger partial charge on any atom is -0.316 e. The van der Waals surface area contributed by atoms with Gasteiger partial charge in [-0.1, -0.05) is 0 Å². The van der Waals surface area contributed by atoms with Crippen molar-refractivity contribution in [1.29, 1.82) is 5.26 Å². The van der Waals surface area contributed by atoms with Crippen LogP contribution in [0.3, 0.4) is 0 Å². The molecule has 0 bridgehead atoms. The van der Waals surface area contributed by atoms with Crippen molar-refractivity contribution in [3.05, 3.63) is 0 Å². The molecule has 1 rings (SSSR count). The number of hydrogen-bond donors (Lipinski definition) is 1. The van der Waals surface area contributed by atoms with Crippen LogP contribution < -0.4 is 5.73 Å². The number of hydrogen-bond acceptors (Lipinski definition) is 5. The number of nitrogens with two attached hydrogens (primary N) is 1. The van der Waals surface area contributed by atoms with Crippen LogP contribution in [0.2, 0.25) is 0 Å². The molecule has 1 atom stereocenters. The topological polar surface area (TPSA) is 59.5 Å². The molecule has 0 aromatic rings. The maximum absolute atomic E-state index is 8.62. The molecule has 17 heavy (non-hydrogen) atoms. The van der Waals surface area contributed by atoms with E-state index >= 15 is 0 Å². The van der Waals surface area contributed by atoms with E-state index in [-0.39, 0.29) is 6.04 Å². The number of nitrogens with zero attached hydrogens (tertiary/aromatic N) is 4. The summed E-state index contributed by atoms with van der Waals surface area (Å²) >= 11 is 0. The molecule has 0 saturated carbocycles. The van der Waals surface area contributed by atoms with E-state index in [1.165, 1.54) is 0 Å². The Bertz CT molecular complexity index is 240. The van der Waals surface area contributed by atoms with Crippen LogP contribution >= 0.6 is 0 Å². The highest BCUT2D eigenvalue weighted by Gasteiger charge is 2.16. The summed E-state index contributed by atoms with van der Waals surface area (Å²) in [7, 11) is 4.22. The molecule has 0 aromatic heterocycles. The van der Waals surface area contributed by atoms with Crippen molar-refractivity contribution in [1.82, 2.24) is 14.7 Å². The Morgan fingerprint density at radius 1 is 1.18 bits per heavy atom. The second kappa shape index (κ2) is 7.62. The Hall–Kier alpha value is -0.670. The van der Waals surface area contributed by atoms with Gasteiger partial charge in [0.2, 0.25) is 0 Å². The Balaban J connectivity index is 2.11. The van der Waals surface area contributed by atoms with Crippen LogP contribution in [0.25, 0.3) is 0 Å². The van der Waals surface area contributed by atoms with Gasteiger partial charge in [0.25, 0.3) is 0 Å². The monoisotopic (exact) mass is 239 g/mol. The molecule has 0 radical (unpaired) electrons. The second-order valence-electron chi connectivity index (χ2n) is 5.01. The quantitative estimate of drug-likeness (QED) is 0.671. The largest absolute Gasteiger partial charge is 0.316 e. The Kier molecular flexibility index (Phi) is 6.45. The molecule has 0 amide bonds. The number of rotatable bonds is 6. The van der Waals surface area contributed by atoms with E-state index in [0.717, 1.165) is 52.2 Å². The van der Waals surface area contributed by atoms with Crippen LogP contribution in [0, 0.1) is 11.3 Å². The highest BCUT2D eigenvalue weighted by atomic mass is 15.3. The lowest BCUT2D eigenvalue weighted by molar-refractivity contribution is 0.124. The van der Waals surface area contributed by atoms with E-state index < -0.39 is 0 Å². The van der Waals surface area contributed by atoms with E-state index in [0.29, 0.717) is 0 Å². The molecule has 1 heterocycles. The highest BCUT2D eigenvalue weighted by Crippen LogP contribution is 2.03. The maximum Gasteiger partial charge on any atom is 0.0940 e. The first kappa shape index (κ1) is 14.4. The molecule has 0 spiro atoms. The van der Waals surface area contributed by atoms with Gasteiger partial charge in [0.15, 0.2) is 0 Å². The minimum atomic E-state index is -0.304. The first-order valence-corrected chi connectivity index (χ1v) is 6.36. The summed E-state index contributed by atoms with van der Waals surface area (Å²) in [6.07, 6.45) is 0.786. The van der Waals surface area contributed by atoms with Gasteiger partial charge in [-0.3, -0.25) is 4.90 Å². The SMILES string of the molecule is CN(C)CCN1CCN(CCC(N)C#N)CC1. The van der Waals surface area contributed by atoms with Crippen LogP contribution in [0.1, 0.15) is 6.42 Å². The van der Waals surface area contributed by atoms with Gasteiger partial charge in [-0.05, 0) is 20.5 Å². The summed E-state index contributed by atoms with van der Waals surface area (Å²) < 4.78 is 0. The first-order valence-electron chi connectivity index (χ1n) is 6.36. The summed E-state index contributed by atoms with van der Waals surface area (Å²) in [5.41, 5.74) is 5.59. The van der Waals surface area contributed by atoms with Crippen LogP contribution in [-0.2, 0) is 0 Å². The minimum absolute atomic E-state index is 0.304. The van der Waals surface area contributed by atoms with Crippen molar-refractivity contribution in [3.8, 4) is 6.07 Å². The van der Waals surface area contributed by atoms with Gasteiger partial charge in [0.05, 0.1) is 12.1 Å². The number of likely N-dealkylation sites (N-methyl/N-ethyl adjacent to an activating group) is 1. The zero-order valence-corrected chi connectivity index (χ0v) is 11.1. The third-order valence-corrected chi connectivity index (χ3v) is 3.25. The van der Waals surface area contributed by atoms with Crippen molar-refractivity contribution in [2.75, 3.05) is 59.9 Å². The van der Waals surface area contributed by atoms with E-state index in [2.05, 4.69) is 34.9 Å². The lowest BCUT2D eigenvalue weighted by atomic mass is 10.2. The van der Waals surface area contributed by atoms with Crippen molar-refractivity contribution in [3.63, 3.8) is 0 Å². The summed E-state index contributed by atoms with van der Waals surface area (Å²) in [4.78, 5) is 7.13. The van der Waals surface area contributed by atoms with Crippen molar-refractivity contribution in [2.24, 2.45) is 5.73 Å². The summed E-state index contributed by atoms with van der Waals surface area (Å²) in [6.45, 7) is 7.70. The molecule has 98 valence electrons. The van der Waals surface area contributed by atoms with Crippen LogP contribution in [0.5, 0.6) is 0 Å². The highest BCUT2D eigenvalue weighted by molar-refractivity contribution is 4.87. The summed E-state index contributed by atoms with van der Waals surface area (Å²) in [5.74, 6) is 0. The molecule has 0 aliphatic carbocycles. The van der Waals surface area contributed by atoms with Gasteiger partial charge in [0.1, 0.15) is 0 Å². The summed E-state index contributed by atoms with van der Waals surface area (Å²) in [6, 6.07) is 1.78. The third-order valence-electron chi connectivity index (χ3n) is 3.25.